The number of carbonyl (C=O) groups excluding carboxylic acids is 1. The molecule has 4 heteroatoms. The van der Waals surface area contributed by atoms with Gasteiger partial charge in [0.15, 0.2) is 0 Å². The molecule has 4 rings (SSSR count). The first-order valence-electron chi connectivity index (χ1n) is 7.80. The average molecular weight is 283 g/mol. The number of fused-ring (bicyclic) bond motifs is 3. The summed E-state index contributed by atoms with van der Waals surface area (Å²) in [7, 11) is 0. The molecular weight excluding hydrogens is 262 g/mol. The largest absolute Gasteiger partial charge is 0.348 e. The molecule has 2 aromatic rings. The Labute approximate surface area is 124 Å². The van der Waals surface area contributed by atoms with Gasteiger partial charge in [0.1, 0.15) is 0 Å². The third kappa shape index (κ3) is 2.33. The molecule has 2 bridgehead atoms. The number of amides is 1. The third-order valence-corrected chi connectivity index (χ3v) is 4.92. The summed E-state index contributed by atoms with van der Waals surface area (Å²) in [5.41, 5.74) is 3.03. The maximum Gasteiger partial charge on any atom is 0.253 e. The topological polar surface area (TPSA) is 36.8 Å². The zero-order valence-corrected chi connectivity index (χ0v) is 12.4. The lowest BCUT2D eigenvalue weighted by Gasteiger charge is -2.30. The van der Waals surface area contributed by atoms with Gasteiger partial charge in [-0.3, -0.25) is 4.79 Å². The fourth-order valence-electron chi connectivity index (χ4n) is 3.81. The molecule has 2 aromatic heterocycles. The lowest BCUT2D eigenvalue weighted by molar-refractivity contribution is 0.0909. The van der Waals surface area contributed by atoms with Crippen LogP contribution in [0.25, 0.3) is 5.52 Å². The van der Waals surface area contributed by atoms with E-state index in [1.54, 1.807) is 0 Å². The normalized spacial score (nSPS) is 28.0. The fraction of sp³-hybridized carbons (Fsp3) is 0.471. The first-order chi connectivity index (χ1) is 10.2. The van der Waals surface area contributed by atoms with E-state index >= 15 is 0 Å². The summed E-state index contributed by atoms with van der Waals surface area (Å²) in [6.07, 6.45) is 4.37. The molecule has 2 aliphatic rings. The Kier molecular flexibility index (Phi) is 3.00. The quantitative estimate of drug-likeness (QED) is 0.916. The van der Waals surface area contributed by atoms with Gasteiger partial charge in [-0.15, -0.1) is 0 Å². The summed E-state index contributed by atoms with van der Waals surface area (Å²) in [5, 5.41) is 3.22. The van der Waals surface area contributed by atoms with Gasteiger partial charge in [0.2, 0.25) is 0 Å². The summed E-state index contributed by atoms with van der Waals surface area (Å²) in [4.78, 5) is 15.0. The van der Waals surface area contributed by atoms with Crippen molar-refractivity contribution in [2.24, 2.45) is 5.92 Å². The lowest BCUT2D eigenvalue weighted by Crippen LogP contribution is -2.47. The number of nitrogens with one attached hydrogen (secondary N) is 1. The highest BCUT2D eigenvalue weighted by atomic mass is 16.1. The maximum absolute atomic E-state index is 12.5. The first kappa shape index (κ1) is 12.9. The van der Waals surface area contributed by atoms with Gasteiger partial charge in [0.05, 0.1) is 5.56 Å². The van der Waals surface area contributed by atoms with E-state index in [0.29, 0.717) is 6.04 Å². The van der Waals surface area contributed by atoms with Crippen molar-refractivity contribution in [3.8, 4) is 0 Å². The van der Waals surface area contributed by atoms with E-state index in [-0.39, 0.29) is 5.91 Å². The molecule has 0 spiro atoms. The molecule has 1 amide bonds. The van der Waals surface area contributed by atoms with E-state index in [9.17, 15) is 4.79 Å². The molecule has 4 nitrogen and oxygen atoms in total. The van der Waals surface area contributed by atoms with Crippen molar-refractivity contribution in [2.75, 3.05) is 19.6 Å². The molecule has 1 unspecified atom stereocenters. The average Bonchev–Trinajstić information content (AvgIpc) is 3.02. The molecule has 2 fully saturated rings. The molecule has 0 saturated carbocycles. The molecule has 110 valence electrons. The Hall–Kier alpha value is -1.81. The van der Waals surface area contributed by atoms with Crippen molar-refractivity contribution in [1.82, 2.24) is 14.6 Å². The molecule has 21 heavy (non-hydrogen) atoms. The molecular formula is C17H21N3O. The van der Waals surface area contributed by atoms with Crippen LogP contribution in [0, 0.1) is 12.8 Å². The van der Waals surface area contributed by atoms with Crippen molar-refractivity contribution in [3.05, 3.63) is 41.7 Å². The Morgan fingerprint density at radius 2 is 2.10 bits per heavy atom. The standard InChI is InChI=1S/C17H21N3O/c1-12-2-4-16-5-3-14(10-20(12)16)17(21)18-15-8-13-6-7-19(9-13)11-15/h2-5,10,13,15H,6-9,11H2,1H3,(H,18,21)/t13-,15-/m1/s1. The monoisotopic (exact) mass is 283 g/mol. The number of piperidine rings is 1. The Morgan fingerprint density at radius 1 is 1.24 bits per heavy atom. The van der Waals surface area contributed by atoms with Gasteiger partial charge in [0, 0.05) is 36.5 Å². The van der Waals surface area contributed by atoms with Gasteiger partial charge in [-0.25, -0.2) is 0 Å². The summed E-state index contributed by atoms with van der Waals surface area (Å²) in [6.45, 7) is 5.49. The van der Waals surface area contributed by atoms with Crippen LogP contribution in [0.2, 0.25) is 0 Å². The van der Waals surface area contributed by atoms with E-state index < -0.39 is 0 Å². The minimum atomic E-state index is 0.0532. The van der Waals surface area contributed by atoms with E-state index in [4.69, 9.17) is 0 Å². The first-order valence-corrected chi connectivity index (χ1v) is 7.80. The highest BCUT2D eigenvalue weighted by molar-refractivity contribution is 5.94. The third-order valence-electron chi connectivity index (χ3n) is 4.92. The number of rotatable bonds is 2. The molecule has 0 aromatic carbocycles. The van der Waals surface area contributed by atoms with Crippen LogP contribution in [0.15, 0.2) is 30.5 Å². The van der Waals surface area contributed by atoms with Crippen LogP contribution < -0.4 is 5.32 Å². The zero-order chi connectivity index (χ0) is 14.4. The minimum Gasteiger partial charge on any atom is -0.348 e. The van der Waals surface area contributed by atoms with Gasteiger partial charge in [-0.1, -0.05) is 0 Å². The van der Waals surface area contributed by atoms with Gasteiger partial charge in [0.25, 0.3) is 5.91 Å². The highest BCUT2D eigenvalue weighted by Crippen LogP contribution is 2.26. The zero-order valence-electron chi connectivity index (χ0n) is 12.4. The number of aromatic nitrogens is 1. The van der Waals surface area contributed by atoms with Crippen LogP contribution in [-0.2, 0) is 0 Å². The summed E-state index contributed by atoms with van der Waals surface area (Å²) in [5.74, 6) is 0.829. The number of nitrogens with zero attached hydrogens (tertiary/aromatic N) is 2. The molecule has 2 saturated heterocycles. The predicted molar refractivity (Wildman–Crippen MR) is 82.6 cm³/mol. The summed E-state index contributed by atoms with van der Waals surface area (Å²) in [6, 6.07) is 8.38. The SMILES string of the molecule is Cc1ccc2ccc(C(=O)N[C@@H]3C[C@H]4CCN(C4)C3)cn12. The number of aryl methyl sites for hydroxylation is 1. The smallest absolute Gasteiger partial charge is 0.253 e. The molecule has 1 N–H and O–H groups in total. The van der Waals surface area contributed by atoms with Crippen LogP contribution in [0.1, 0.15) is 28.9 Å². The predicted octanol–water partition coefficient (Wildman–Crippen LogP) is 2.07. The van der Waals surface area contributed by atoms with Crippen LogP contribution in [0.5, 0.6) is 0 Å². The summed E-state index contributed by atoms with van der Waals surface area (Å²) >= 11 is 0. The second-order valence-electron chi connectivity index (χ2n) is 6.51. The van der Waals surface area contributed by atoms with Crippen LogP contribution >= 0.6 is 0 Å². The van der Waals surface area contributed by atoms with E-state index in [0.717, 1.165) is 35.7 Å². The van der Waals surface area contributed by atoms with Crippen molar-refractivity contribution < 1.29 is 4.79 Å². The maximum atomic E-state index is 12.5. The van der Waals surface area contributed by atoms with Crippen molar-refractivity contribution in [3.63, 3.8) is 0 Å². The number of pyridine rings is 1. The van der Waals surface area contributed by atoms with Gasteiger partial charge < -0.3 is 14.6 Å². The van der Waals surface area contributed by atoms with Gasteiger partial charge >= 0.3 is 0 Å². The van der Waals surface area contributed by atoms with E-state index in [1.807, 2.05) is 18.3 Å². The van der Waals surface area contributed by atoms with Gasteiger partial charge in [-0.05, 0) is 56.5 Å². The minimum absolute atomic E-state index is 0.0532. The molecule has 4 heterocycles. The number of hydrogen-bond acceptors (Lipinski definition) is 2. The number of carbonyl (C=O) groups is 1. The molecule has 0 radical (unpaired) electrons. The summed E-state index contributed by atoms with van der Waals surface area (Å²) < 4.78 is 2.07. The Morgan fingerprint density at radius 3 is 2.95 bits per heavy atom. The van der Waals surface area contributed by atoms with Crippen molar-refractivity contribution in [2.45, 2.75) is 25.8 Å². The fourth-order valence-corrected chi connectivity index (χ4v) is 3.81. The second-order valence-corrected chi connectivity index (χ2v) is 6.51. The lowest BCUT2D eigenvalue weighted by atomic mass is 9.96. The van der Waals surface area contributed by atoms with E-state index in [1.165, 1.54) is 19.5 Å². The second kappa shape index (κ2) is 4.88. The van der Waals surface area contributed by atoms with Gasteiger partial charge in [-0.2, -0.15) is 0 Å². The Bertz CT molecular complexity index is 678. The van der Waals surface area contributed by atoms with Crippen molar-refractivity contribution in [1.29, 1.82) is 0 Å². The molecule has 3 atom stereocenters. The van der Waals surface area contributed by atoms with Crippen LogP contribution in [-0.4, -0.2) is 40.9 Å². The van der Waals surface area contributed by atoms with Crippen LogP contribution in [0.4, 0.5) is 0 Å². The molecule has 2 aliphatic heterocycles. The van der Waals surface area contributed by atoms with Crippen LogP contribution in [0.3, 0.4) is 0 Å². The molecule has 0 aliphatic carbocycles. The van der Waals surface area contributed by atoms with Crippen molar-refractivity contribution >= 4 is 11.4 Å². The highest BCUT2D eigenvalue weighted by Gasteiger charge is 2.32. The van der Waals surface area contributed by atoms with E-state index in [2.05, 4.69) is 33.7 Å². The number of hydrogen-bond donors (Lipinski definition) is 1. The Balaban J connectivity index is 1.52.